The summed E-state index contributed by atoms with van der Waals surface area (Å²) in [5.74, 6) is 0. The van der Waals surface area contributed by atoms with Crippen LogP contribution in [0.4, 0.5) is 0 Å². The molecule has 0 radical (unpaired) electrons. The Morgan fingerprint density at radius 2 is 1.60 bits per heavy atom. The van der Waals surface area contributed by atoms with E-state index in [-0.39, 0.29) is 5.54 Å². The summed E-state index contributed by atoms with van der Waals surface area (Å²) < 4.78 is 0. The monoisotopic (exact) mass is 291 g/mol. The highest BCUT2D eigenvalue weighted by Crippen LogP contribution is 2.49. The van der Waals surface area contributed by atoms with Crippen molar-refractivity contribution < 1.29 is 0 Å². The van der Waals surface area contributed by atoms with Crippen molar-refractivity contribution in [2.24, 2.45) is 0 Å². The quantitative estimate of drug-likeness (QED) is 0.669. The third-order valence-electron chi connectivity index (χ3n) is 4.56. The molecule has 0 aromatic heterocycles. The largest absolute Gasteiger partial charge is 0.332 e. The molecule has 0 aromatic rings. The molecule has 1 aliphatic carbocycles. The summed E-state index contributed by atoms with van der Waals surface area (Å²) in [4.78, 5) is 3.96. The first-order chi connectivity index (χ1) is 8.92. The minimum atomic E-state index is -1.60. The van der Waals surface area contributed by atoms with Gasteiger partial charge in [-0.15, -0.1) is 0 Å². The Hall–Kier alpha value is -0.603. The fourth-order valence-corrected chi connectivity index (χ4v) is 8.31. The van der Waals surface area contributed by atoms with Crippen LogP contribution in [-0.2, 0) is 0 Å². The van der Waals surface area contributed by atoms with Crippen LogP contribution in [0.2, 0.25) is 18.6 Å². The van der Waals surface area contributed by atoms with E-state index in [4.69, 9.17) is 0 Å². The molecule has 1 rings (SSSR count). The Bertz CT molecular complexity index is 484. The van der Waals surface area contributed by atoms with Crippen molar-refractivity contribution in [1.82, 2.24) is 4.98 Å². The molecule has 0 spiro atoms. The lowest BCUT2D eigenvalue weighted by Gasteiger charge is -2.40. The lowest BCUT2D eigenvalue weighted by atomic mass is 10.0. The van der Waals surface area contributed by atoms with Gasteiger partial charge in [-0.25, -0.2) is 0 Å². The highest BCUT2D eigenvalue weighted by atomic mass is 28.3. The number of hydrogen-bond acceptors (Lipinski definition) is 1. The van der Waals surface area contributed by atoms with Gasteiger partial charge in [0.25, 0.3) is 0 Å². The standard InChI is InChI=1S/C18H33NSi/c1-11-12(2)16-14(4)13(3)15(5)17(16)20(9,10)19-18(6,7)8/h11,17,19H,1-10H3/b12-11+. The molecule has 0 heterocycles. The summed E-state index contributed by atoms with van der Waals surface area (Å²) in [7, 11) is -1.60. The first-order valence-electron chi connectivity index (χ1n) is 7.73. The SMILES string of the molecule is C/C=C(\C)C1=C(C)C(C)=C(C)C1[Si](C)(C)NC(C)(C)C. The average Bonchev–Trinajstić information content (AvgIpc) is 2.50. The Kier molecular flexibility index (Phi) is 4.93. The molecule has 0 aromatic carbocycles. The van der Waals surface area contributed by atoms with Crippen LogP contribution >= 0.6 is 0 Å². The van der Waals surface area contributed by atoms with Gasteiger partial charge in [-0.1, -0.05) is 30.3 Å². The van der Waals surface area contributed by atoms with Crippen molar-refractivity contribution in [2.75, 3.05) is 0 Å². The van der Waals surface area contributed by atoms with Crippen molar-refractivity contribution in [3.05, 3.63) is 33.9 Å². The summed E-state index contributed by atoms with van der Waals surface area (Å²) in [6.07, 6.45) is 2.26. The van der Waals surface area contributed by atoms with E-state index in [9.17, 15) is 0 Å². The molecule has 1 atom stereocenters. The normalized spacial score (nSPS) is 22.1. The third kappa shape index (κ3) is 3.34. The summed E-state index contributed by atoms with van der Waals surface area (Å²) >= 11 is 0. The van der Waals surface area contributed by atoms with Gasteiger partial charge in [0.15, 0.2) is 0 Å². The van der Waals surface area contributed by atoms with Gasteiger partial charge in [0.1, 0.15) is 8.24 Å². The van der Waals surface area contributed by atoms with Crippen molar-refractivity contribution in [3.8, 4) is 0 Å². The van der Waals surface area contributed by atoms with Crippen LogP contribution in [0, 0.1) is 0 Å². The highest BCUT2D eigenvalue weighted by molar-refractivity contribution is 6.78. The van der Waals surface area contributed by atoms with E-state index < -0.39 is 8.24 Å². The molecule has 0 amide bonds. The zero-order chi connectivity index (χ0) is 15.9. The minimum Gasteiger partial charge on any atom is -0.332 e. The van der Waals surface area contributed by atoms with Gasteiger partial charge in [0.05, 0.1) is 0 Å². The summed E-state index contributed by atoms with van der Waals surface area (Å²) in [5.41, 5.74) is 8.37. The first kappa shape index (κ1) is 17.4. The summed E-state index contributed by atoms with van der Waals surface area (Å²) in [5, 5.41) is 0. The Balaban J connectivity index is 3.34. The maximum Gasteiger partial charge on any atom is 0.131 e. The molecule has 114 valence electrons. The van der Waals surface area contributed by atoms with E-state index in [0.29, 0.717) is 5.54 Å². The second-order valence-electron chi connectivity index (χ2n) is 7.85. The Labute approximate surface area is 127 Å². The second kappa shape index (κ2) is 5.65. The average molecular weight is 292 g/mol. The number of hydrogen-bond donors (Lipinski definition) is 1. The highest BCUT2D eigenvalue weighted by Gasteiger charge is 2.42. The van der Waals surface area contributed by atoms with E-state index >= 15 is 0 Å². The lowest BCUT2D eigenvalue weighted by Crippen LogP contribution is -2.57. The lowest BCUT2D eigenvalue weighted by molar-refractivity contribution is 0.509. The zero-order valence-corrected chi connectivity index (χ0v) is 16.2. The molecule has 1 nitrogen and oxygen atoms in total. The van der Waals surface area contributed by atoms with Crippen LogP contribution < -0.4 is 4.98 Å². The van der Waals surface area contributed by atoms with Crippen LogP contribution in [0.3, 0.4) is 0 Å². The van der Waals surface area contributed by atoms with Crippen molar-refractivity contribution in [1.29, 1.82) is 0 Å². The van der Waals surface area contributed by atoms with Crippen LogP contribution in [0.25, 0.3) is 0 Å². The fourth-order valence-electron chi connectivity index (χ4n) is 3.77. The molecular formula is C18H33NSi. The molecule has 0 saturated heterocycles. The fraction of sp³-hybridized carbons (Fsp3) is 0.667. The van der Waals surface area contributed by atoms with Crippen LogP contribution in [-0.4, -0.2) is 13.8 Å². The van der Waals surface area contributed by atoms with Crippen LogP contribution in [0.5, 0.6) is 0 Å². The number of nitrogens with one attached hydrogen (secondary N) is 1. The van der Waals surface area contributed by atoms with E-state index in [1.54, 1.807) is 11.1 Å². The van der Waals surface area contributed by atoms with E-state index in [2.05, 4.69) is 79.5 Å². The second-order valence-corrected chi connectivity index (χ2v) is 12.1. The van der Waals surface area contributed by atoms with Gasteiger partial charge in [0, 0.05) is 11.1 Å². The molecule has 20 heavy (non-hydrogen) atoms. The Morgan fingerprint density at radius 3 is 2.00 bits per heavy atom. The van der Waals surface area contributed by atoms with Crippen molar-refractivity contribution >= 4 is 8.24 Å². The third-order valence-corrected chi connectivity index (χ3v) is 8.12. The maximum absolute atomic E-state index is 3.96. The van der Waals surface area contributed by atoms with Gasteiger partial charge in [-0.2, -0.15) is 0 Å². The predicted octanol–water partition coefficient (Wildman–Crippen LogP) is 5.58. The van der Waals surface area contributed by atoms with Gasteiger partial charge in [-0.3, -0.25) is 0 Å². The van der Waals surface area contributed by atoms with E-state index in [1.807, 2.05) is 0 Å². The molecule has 0 fully saturated rings. The van der Waals surface area contributed by atoms with Crippen molar-refractivity contribution in [2.45, 2.75) is 79.6 Å². The topological polar surface area (TPSA) is 12.0 Å². The summed E-state index contributed by atoms with van der Waals surface area (Å²) in [6.45, 7) is 23.1. The van der Waals surface area contributed by atoms with E-state index in [0.717, 1.165) is 0 Å². The molecule has 1 unspecified atom stereocenters. The van der Waals surface area contributed by atoms with Crippen LogP contribution in [0.15, 0.2) is 33.9 Å². The first-order valence-corrected chi connectivity index (χ1v) is 10.8. The predicted molar refractivity (Wildman–Crippen MR) is 94.6 cm³/mol. The smallest absolute Gasteiger partial charge is 0.131 e. The van der Waals surface area contributed by atoms with Gasteiger partial charge in [-0.05, 0) is 72.1 Å². The molecular weight excluding hydrogens is 258 g/mol. The molecule has 1 aliphatic rings. The Morgan fingerprint density at radius 1 is 1.10 bits per heavy atom. The van der Waals surface area contributed by atoms with Gasteiger partial charge in [0.2, 0.25) is 0 Å². The number of rotatable bonds is 3. The minimum absolute atomic E-state index is 0.176. The van der Waals surface area contributed by atoms with Crippen molar-refractivity contribution in [3.63, 3.8) is 0 Å². The molecule has 2 heteroatoms. The summed E-state index contributed by atoms with van der Waals surface area (Å²) in [6, 6.07) is 0. The van der Waals surface area contributed by atoms with Gasteiger partial charge < -0.3 is 4.98 Å². The number of allylic oxidation sites excluding steroid dienone is 6. The zero-order valence-electron chi connectivity index (χ0n) is 15.2. The molecule has 0 bridgehead atoms. The van der Waals surface area contributed by atoms with Crippen LogP contribution in [0.1, 0.15) is 55.4 Å². The molecule has 0 saturated carbocycles. The molecule has 0 aliphatic heterocycles. The van der Waals surface area contributed by atoms with Gasteiger partial charge >= 0.3 is 0 Å². The van der Waals surface area contributed by atoms with E-state index in [1.165, 1.54) is 16.7 Å². The maximum atomic E-state index is 3.96. The molecule has 1 N–H and O–H groups in total.